The Hall–Kier alpha value is -1.42. The summed E-state index contributed by atoms with van der Waals surface area (Å²) in [6.07, 6.45) is 8.01. The number of nitrogens with zero attached hydrogens (tertiary/aromatic N) is 2. The van der Waals surface area contributed by atoms with Crippen LogP contribution in [0.1, 0.15) is 31.2 Å². The zero-order chi connectivity index (χ0) is 12.8. The van der Waals surface area contributed by atoms with E-state index in [0.29, 0.717) is 6.42 Å². The molecule has 0 bridgehead atoms. The van der Waals surface area contributed by atoms with Gasteiger partial charge in [-0.25, -0.2) is 0 Å². The van der Waals surface area contributed by atoms with Crippen LogP contribution < -0.4 is 0 Å². The van der Waals surface area contributed by atoms with E-state index in [4.69, 9.17) is 0 Å². The van der Waals surface area contributed by atoms with E-state index in [0.717, 1.165) is 37.8 Å². The number of amides is 1. The molecule has 0 radical (unpaired) electrons. The van der Waals surface area contributed by atoms with Gasteiger partial charge in [0.25, 0.3) is 0 Å². The number of pyridine rings is 1. The van der Waals surface area contributed by atoms with Gasteiger partial charge in [-0.2, -0.15) is 0 Å². The number of rotatable bonds is 3. The molecule has 1 N–H and O–H groups in total. The minimum atomic E-state index is 0.00170. The van der Waals surface area contributed by atoms with E-state index in [1.54, 1.807) is 12.4 Å². The number of carbonyl (C=O) groups is 1. The highest BCUT2D eigenvalue weighted by atomic mass is 16.3. The van der Waals surface area contributed by atoms with Crippen molar-refractivity contribution in [2.75, 3.05) is 13.2 Å². The topological polar surface area (TPSA) is 53.4 Å². The molecule has 0 aliphatic carbocycles. The lowest BCUT2D eigenvalue weighted by atomic mass is 10.1. The average Bonchev–Trinajstić information content (AvgIpc) is 2.64. The first kappa shape index (κ1) is 13.0. The zero-order valence-corrected chi connectivity index (χ0v) is 10.6. The van der Waals surface area contributed by atoms with Crippen molar-refractivity contribution >= 4 is 5.91 Å². The quantitative estimate of drug-likeness (QED) is 0.879. The van der Waals surface area contributed by atoms with Gasteiger partial charge in [0.1, 0.15) is 0 Å². The van der Waals surface area contributed by atoms with Gasteiger partial charge in [0.05, 0.1) is 19.1 Å². The highest BCUT2D eigenvalue weighted by molar-refractivity contribution is 5.79. The monoisotopic (exact) mass is 248 g/mol. The fraction of sp³-hybridized carbons (Fsp3) is 0.571. The Labute approximate surface area is 108 Å². The second kappa shape index (κ2) is 6.50. The molecule has 1 atom stereocenters. The summed E-state index contributed by atoms with van der Waals surface area (Å²) in [6.45, 7) is 0.844. The van der Waals surface area contributed by atoms with Gasteiger partial charge in [0.15, 0.2) is 0 Å². The van der Waals surface area contributed by atoms with Gasteiger partial charge in [0.2, 0.25) is 5.91 Å². The number of hydrogen-bond donors (Lipinski definition) is 1. The molecule has 1 aromatic heterocycles. The largest absolute Gasteiger partial charge is 0.394 e. The SMILES string of the molecule is O=C(Cc1ccncc1)N1CCCCCC1CO. The van der Waals surface area contributed by atoms with E-state index in [2.05, 4.69) is 4.98 Å². The molecule has 1 aliphatic rings. The number of aromatic nitrogens is 1. The van der Waals surface area contributed by atoms with E-state index in [1.807, 2.05) is 17.0 Å². The molecule has 0 spiro atoms. The average molecular weight is 248 g/mol. The summed E-state index contributed by atoms with van der Waals surface area (Å²) < 4.78 is 0. The molecule has 2 rings (SSSR count). The number of likely N-dealkylation sites (tertiary alicyclic amines) is 1. The Kier molecular flexibility index (Phi) is 4.70. The summed E-state index contributed by atoms with van der Waals surface area (Å²) >= 11 is 0. The lowest BCUT2D eigenvalue weighted by Gasteiger charge is -2.28. The summed E-state index contributed by atoms with van der Waals surface area (Å²) in [5.74, 6) is 0.113. The van der Waals surface area contributed by atoms with Crippen LogP contribution in [0.15, 0.2) is 24.5 Å². The maximum atomic E-state index is 12.3. The Morgan fingerprint density at radius 2 is 2.11 bits per heavy atom. The maximum Gasteiger partial charge on any atom is 0.227 e. The van der Waals surface area contributed by atoms with Crippen LogP contribution in [0, 0.1) is 0 Å². The van der Waals surface area contributed by atoms with Gasteiger partial charge < -0.3 is 10.0 Å². The molecule has 0 aromatic carbocycles. The molecule has 1 unspecified atom stereocenters. The highest BCUT2D eigenvalue weighted by Crippen LogP contribution is 2.17. The molecule has 1 aromatic rings. The van der Waals surface area contributed by atoms with E-state index in [1.165, 1.54) is 0 Å². The van der Waals surface area contributed by atoms with Crippen LogP contribution in [0.2, 0.25) is 0 Å². The molecule has 1 saturated heterocycles. The number of aliphatic hydroxyl groups excluding tert-OH is 1. The van der Waals surface area contributed by atoms with E-state index < -0.39 is 0 Å². The first-order chi connectivity index (χ1) is 8.81. The van der Waals surface area contributed by atoms with Crippen molar-refractivity contribution in [2.24, 2.45) is 0 Å². The van der Waals surface area contributed by atoms with Crippen molar-refractivity contribution in [2.45, 2.75) is 38.1 Å². The predicted octanol–water partition coefficient (Wildman–Crippen LogP) is 1.39. The predicted molar refractivity (Wildman–Crippen MR) is 69.0 cm³/mol. The molecule has 1 amide bonds. The Morgan fingerprint density at radius 3 is 2.83 bits per heavy atom. The second-order valence-corrected chi connectivity index (χ2v) is 4.81. The number of hydrogen-bond acceptors (Lipinski definition) is 3. The first-order valence-electron chi connectivity index (χ1n) is 6.60. The molecular formula is C14H20N2O2. The van der Waals surface area contributed by atoms with Gasteiger partial charge in [-0.3, -0.25) is 9.78 Å². The normalized spacial score (nSPS) is 20.5. The molecule has 18 heavy (non-hydrogen) atoms. The van der Waals surface area contributed by atoms with Crippen molar-refractivity contribution in [3.05, 3.63) is 30.1 Å². The molecule has 98 valence electrons. The summed E-state index contributed by atoms with van der Waals surface area (Å²) in [6, 6.07) is 3.73. The lowest BCUT2D eigenvalue weighted by molar-refractivity contribution is -0.133. The summed E-state index contributed by atoms with van der Waals surface area (Å²) in [4.78, 5) is 18.1. The lowest BCUT2D eigenvalue weighted by Crippen LogP contribution is -2.42. The van der Waals surface area contributed by atoms with Gasteiger partial charge in [0, 0.05) is 18.9 Å². The van der Waals surface area contributed by atoms with Crippen LogP contribution in [-0.2, 0) is 11.2 Å². The second-order valence-electron chi connectivity index (χ2n) is 4.81. The van der Waals surface area contributed by atoms with Crippen LogP contribution in [0.5, 0.6) is 0 Å². The highest BCUT2D eigenvalue weighted by Gasteiger charge is 2.24. The molecule has 4 heteroatoms. The van der Waals surface area contributed by atoms with Crippen LogP contribution in [-0.4, -0.2) is 40.1 Å². The van der Waals surface area contributed by atoms with E-state index in [-0.39, 0.29) is 18.6 Å². The van der Waals surface area contributed by atoms with Gasteiger partial charge in [-0.1, -0.05) is 12.8 Å². The Balaban J connectivity index is 2.01. The summed E-state index contributed by atoms with van der Waals surface area (Å²) in [5.41, 5.74) is 0.982. The van der Waals surface area contributed by atoms with Crippen LogP contribution >= 0.6 is 0 Å². The van der Waals surface area contributed by atoms with Crippen molar-refractivity contribution < 1.29 is 9.90 Å². The van der Waals surface area contributed by atoms with Crippen LogP contribution in [0.3, 0.4) is 0 Å². The van der Waals surface area contributed by atoms with Gasteiger partial charge in [-0.15, -0.1) is 0 Å². The van der Waals surface area contributed by atoms with Crippen molar-refractivity contribution in [3.63, 3.8) is 0 Å². The molecule has 4 nitrogen and oxygen atoms in total. The smallest absolute Gasteiger partial charge is 0.227 e. The molecular weight excluding hydrogens is 228 g/mol. The third-order valence-electron chi connectivity index (χ3n) is 3.51. The first-order valence-corrected chi connectivity index (χ1v) is 6.60. The van der Waals surface area contributed by atoms with Gasteiger partial charge >= 0.3 is 0 Å². The van der Waals surface area contributed by atoms with Crippen molar-refractivity contribution in [3.8, 4) is 0 Å². The van der Waals surface area contributed by atoms with E-state index in [9.17, 15) is 9.90 Å². The standard InChI is InChI=1S/C14H20N2O2/c17-11-13-4-2-1-3-9-16(13)14(18)10-12-5-7-15-8-6-12/h5-8,13,17H,1-4,9-11H2. The van der Waals surface area contributed by atoms with Crippen LogP contribution in [0.25, 0.3) is 0 Å². The Bertz CT molecular complexity index is 381. The van der Waals surface area contributed by atoms with Crippen molar-refractivity contribution in [1.82, 2.24) is 9.88 Å². The van der Waals surface area contributed by atoms with Crippen LogP contribution in [0.4, 0.5) is 0 Å². The van der Waals surface area contributed by atoms with Crippen molar-refractivity contribution in [1.29, 1.82) is 0 Å². The van der Waals surface area contributed by atoms with Gasteiger partial charge in [-0.05, 0) is 30.5 Å². The van der Waals surface area contributed by atoms with E-state index >= 15 is 0 Å². The third-order valence-corrected chi connectivity index (χ3v) is 3.51. The molecule has 1 aliphatic heterocycles. The minimum Gasteiger partial charge on any atom is -0.394 e. The fourth-order valence-electron chi connectivity index (χ4n) is 2.47. The minimum absolute atomic E-state index is 0.00170. The molecule has 2 heterocycles. The fourth-order valence-corrected chi connectivity index (χ4v) is 2.47. The summed E-state index contributed by atoms with van der Waals surface area (Å²) in [7, 11) is 0. The number of carbonyl (C=O) groups excluding carboxylic acids is 1. The summed E-state index contributed by atoms with van der Waals surface area (Å²) in [5, 5.41) is 9.40. The number of aliphatic hydroxyl groups is 1. The molecule has 1 fully saturated rings. The maximum absolute atomic E-state index is 12.3. The Morgan fingerprint density at radius 1 is 1.33 bits per heavy atom. The third kappa shape index (κ3) is 3.29. The molecule has 0 saturated carbocycles. The zero-order valence-electron chi connectivity index (χ0n) is 10.6.